The van der Waals surface area contributed by atoms with Crippen LogP contribution in [0.4, 0.5) is 4.39 Å². The van der Waals surface area contributed by atoms with Crippen molar-refractivity contribution in [3.05, 3.63) is 241 Å². The van der Waals surface area contributed by atoms with Crippen LogP contribution in [-0.2, 0) is 101 Å². The molecule has 0 saturated carbocycles. The number of halogens is 1. The molecule has 0 bridgehead atoms. The van der Waals surface area contributed by atoms with Crippen LogP contribution in [0.5, 0.6) is 0 Å². The first kappa shape index (κ1) is 88.9. The fraction of sp³-hybridized carbons (Fsp3) is 0.205. The van der Waals surface area contributed by atoms with Crippen LogP contribution in [0.2, 0.25) is 0 Å². The number of aryl methyl sites for hydroxylation is 11. The quantitative estimate of drug-likeness (QED) is 0.115. The SMILES string of the molecule is Cc1cc(C)c(-n2ccnc2-c2[c-]cc3sc(C)nc3c2C)c(C)c1.Cc1cccc(C)c1-n1c(-c2[c-]nc3sc(F)nc3n2)nc2ccccc21.Cc1nc2cc(-c3ncc(C)n3-c3c(C(C)C)cccc3C(C)C)[c-]nc2o1.Cc1nc2cc(-c3nccs3)[c-]nc2s1.Cc1nc2nc(-c3ncco3)[c-]nc2s1.[Ir].[Ir].[Ir].[Ir].[Ir]. The van der Waals surface area contributed by atoms with Gasteiger partial charge < -0.3 is 42.5 Å². The Labute approximate surface area is 750 Å². The smallest absolute Gasteiger partial charge is 0.259 e. The summed E-state index contributed by atoms with van der Waals surface area (Å²) in [6.07, 6.45) is 22.4. The number of hydrogen-bond donors (Lipinski definition) is 0. The Hall–Kier alpha value is -8.50. The summed E-state index contributed by atoms with van der Waals surface area (Å²) in [6.45, 7) is 31.5. The molecule has 0 spiro atoms. The van der Waals surface area contributed by atoms with Crippen molar-refractivity contribution in [2.75, 3.05) is 0 Å². The molecule has 5 aromatic carbocycles. The van der Waals surface area contributed by atoms with Crippen LogP contribution in [0, 0.1) is 112 Å². The summed E-state index contributed by atoms with van der Waals surface area (Å²) in [7, 11) is 0. The zero-order valence-corrected chi connectivity index (χ0v) is 80.3. The number of fused-ring (bicyclic) bond motifs is 6. The van der Waals surface area contributed by atoms with E-state index in [0.29, 0.717) is 57.0 Å². The van der Waals surface area contributed by atoms with Crippen LogP contribution in [0.3, 0.4) is 0 Å². The molecular formula is C83H69FIr5N19O2S5-5. The first-order valence-corrected chi connectivity index (χ1v) is 39.2. The maximum absolute atomic E-state index is 13.5. The van der Waals surface area contributed by atoms with E-state index in [2.05, 4.69) is 228 Å². The van der Waals surface area contributed by atoms with Gasteiger partial charge in [0.2, 0.25) is 0 Å². The Morgan fingerprint density at radius 3 is 1.84 bits per heavy atom. The molecule has 19 rings (SSSR count). The summed E-state index contributed by atoms with van der Waals surface area (Å²) in [5.41, 5.74) is 23.9. The second-order valence-electron chi connectivity index (χ2n) is 26.7. The van der Waals surface area contributed by atoms with Gasteiger partial charge in [-0.2, -0.15) is 49.7 Å². The zero-order valence-electron chi connectivity index (χ0n) is 64.3. The van der Waals surface area contributed by atoms with Crippen molar-refractivity contribution in [3.63, 3.8) is 0 Å². The van der Waals surface area contributed by atoms with E-state index in [1.807, 2.05) is 100 Å². The van der Waals surface area contributed by atoms with Gasteiger partial charge in [0.05, 0.1) is 64.3 Å². The van der Waals surface area contributed by atoms with E-state index in [0.717, 1.165) is 125 Å². The van der Waals surface area contributed by atoms with Crippen molar-refractivity contribution in [2.45, 2.75) is 116 Å². The molecule has 595 valence electrons. The normalized spacial score (nSPS) is 10.9. The average Bonchev–Trinajstić information content (AvgIpc) is 1.66. The van der Waals surface area contributed by atoms with Gasteiger partial charge in [0.1, 0.15) is 17.2 Å². The number of imidazole rings is 3. The van der Waals surface area contributed by atoms with Gasteiger partial charge in [-0.25, -0.2) is 15.0 Å². The molecule has 32 heteroatoms. The van der Waals surface area contributed by atoms with Crippen molar-refractivity contribution in [1.29, 1.82) is 0 Å². The molecule has 0 amide bonds. The first-order valence-electron chi connectivity index (χ1n) is 35.1. The van der Waals surface area contributed by atoms with Crippen molar-refractivity contribution in [3.8, 4) is 73.5 Å². The molecule has 0 fully saturated rings. The first-order chi connectivity index (χ1) is 53.1. The number of nitrogens with zero attached hydrogens (tertiary/aromatic N) is 19. The number of benzene rings is 5. The Balaban J connectivity index is 0.000000153. The van der Waals surface area contributed by atoms with Crippen molar-refractivity contribution < 1.29 is 114 Å². The van der Waals surface area contributed by atoms with E-state index in [-0.39, 0.29) is 106 Å². The summed E-state index contributed by atoms with van der Waals surface area (Å²) in [4.78, 5) is 71.7. The number of pyridine rings is 2. The van der Waals surface area contributed by atoms with Gasteiger partial charge in [-0.15, -0.1) is 46.7 Å². The van der Waals surface area contributed by atoms with Gasteiger partial charge in [-0.1, -0.05) is 112 Å². The molecule has 0 atom stereocenters. The molecule has 0 aliphatic heterocycles. The second kappa shape index (κ2) is 38.3. The molecule has 0 aliphatic rings. The summed E-state index contributed by atoms with van der Waals surface area (Å²) < 4.78 is 31.7. The van der Waals surface area contributed by atoms with E-state index in [4.69, 9.17) is 23.8 Å². The predicted octanol–water partition coefficient (Wildman–Crippen LogP) is 20.6. The van der Waals surface area contributed by atoms with E-state index in [9.17, 15) is 4.39 Å². The minimum absolute atomic E-state index is 0. The third-order valence-electron chi connectivity index (χ3n) is 17.9. The molecule has 21 nitrogen and oxygen atoms in total. The largest absolute Gasteiger partial charge is 0.501 e. The maximum atomic E-state index is 13.5. The van der Waals surface area contributed by atoms with Crippen LogP contribution in [-0.4, -0.2) is 93.4 Å². The Morgan fingerprint density at radius 2 is 1.14 bits per heavy atom. The number of hydrogen-bond acceptors (Lipinski definition) is 23. The van der Waals surface area contributed by atoms with Crippen LogP contribution < -0.4 is 0 Å². The van der Waals surface area contributed by atoms with Gasteiger partial charge in [0.15, 0.2) is 11.6 Å². The average molecular weight is 2510 g/mol. The van der Waals surface area contributed by atoms with Crippen LogP contribution in [0.25, 0.3) is 137 Å². The molecule has 115 heavy (non-hydrogen) atoms. The summed E-state index contributed by atoms with van der Waals surface area (Å²) in [5.74, 6) is 4.14. The molecule has 0 aliphatic carbocycles. The molecule has 0 unspecified atom stereocenters. The van der Waals surface area contributed by atoms with E-state index >= 15 is 0 Å². The second-order valence-corrected chi connectivity index (χ2v) is 32.1. The van der Waals surface area contributed by atoms with Crippen LogP contribution >= 0.6 is 56.7 Å². The summed E-state index contributed by atoms with van der Waals surface area (Å²) >= 11 is 7.23. The fourth-order valence-electron chi connectivity index (χ4n) is 13.2. The zero-order chi connectivity index (χ0) is 76.8. The van der Waals surface area contributed by atoms with Gasteiger partial charge >= 0.3 is 0 Å². The van der Waals surface area contributed by atoms with E-state index in [1.54, 1.807) is 46.4 Å². The number of rotatable bonds is 10. The van der Waals surface area contributed by atoms with Crippen molar-refractivity contribution in [2.24, 2.45) is 0 Å². The molecule has 14 heterocycles. The van der Waals surface area contributed by atoms with Crippen molar-refractivity contribution in [1.82, 2.24) is 93.4 Å². The number of para-hydroxylation sites is 4. The van der Waals surface area contributed by atoms with Crippen LogP contribution in [0.15, 0.2) is 142 Å². The monoisotopic (exact) mass is 2510 g/mol. The Bertz CT molecular complexity index is 6420. The summed E-state index contributed by atoms with van der Waals surface area (Å²) in [6, 6.07) is 34.5. The Kier molecular flexibility index (Phi) is 29.6. The molecule has 19 aromatic rings. The van der Waals surface area contributed by atoms with Gasteiger partial charge in [0.25, 0.3) is 5.26 Å². The molecular weight excluding hydrogens is 2440 g/mol. The van der Waals surface area contributed by atoms with Gasteiger partial charge in [0, 0.05) is 200 Å². The van der Waals surface area contributed by atoms with Crippen molar-refractivity contribution >= 4 is 120 Å². The Morgan fingerprint density at radius 1 is 0.496 bits per heavy atom. The third-order valence-corrected chi connectivity index (χ3v) is 22.1. The number of thiazole rings is 5. The molecule has 0 saturated heterocycles. The minimum Gasteiger partial charge on any atom is -0.501 e. The van der Waals surface area contributed by atoms with Gasteiger partial charge in [-0.05, 0) is 149 Å². The predicted molar refractivity (Wildman–Crippen MR) is 435 cm³/mol. The van der Waals surface area contributed by atoms with E-state index < -0.39 is 5.26 Å². The standard InChI is InChI=1S/C23H25N4O.C21H20N3S.C20H13FN5S.C10H6N3S2.C9H5N4OS.5Ir/c1-13(2)18-8-7-9-19(14(3)4)21(18)27-15(5)11-24-22(27)17-10-20-23(25-12-17)28-16(6)26-20;1-12-10-13(2)20(14(3)11-12)24-9-8-22-21(24)17-6-7-18-19(15(17)4)23-16(5)25-18;1-11-6-5-7-12(2)16(11)26-15-9-4-3-8-13(15)24-18(26)14-10-22-19-17(23-14)25-20(21)27-19;1-6-13-8-4-7(5-12-10(8)15-6)9-11-2-3-14-9;1-5-12-7-9(15-5)11-4-6(13-7)8-10-2-3-14-8;;;;;/h7-11,13-14H,1-6H3;7-11H,1-5H3;3-9H,1-2H3;2-4H,1H3;2-3H,1H3;;;;;/q5*-1;;;;;. The molecule has 14 aromatic heterocycles. The molecule has 5 radical (unpaired) electrons. The fourth-order valence-corrected chi connectivity index (χ4v) is 16.7. The minimum atomic E-state index is -0.557. The number of oxazole rings is 2. The maximum Gasteiger partial charge on any atom is 0.259 e. The molecule has 0 N–H and O–H groups in total. The number of aromatic nitrogens is 19. The van der Waals surface area contributed by atoms with Crippen LogP contribution in [0.1, 0.15) is 111 Å². The third kappa shape index (κ3) is 18.9. The van der Waals surface area contributed by atoms with E-state index in [1.165, 1.54) is 61.5 Å². The van der Waals surface area contributed by atoms with Gasteiger partial charge in [-0.3, -0.25) is 44.9 Å². The topological polar surface area (TPSA) is 247 Å². The summed E-state index contributed by atoms with van der Waals surface area (Å²) in [5, 5.41) is 5.37.